The Morgan fingerprint density at radius 2 is 1.67 bits per heavy atom. The Hall–Kier alpha value is -2.77. The van der Waals surface area contributed by atoms with E-state index in [1.807, 2.05) is 0 Å². The fourth-order valence-corrected chi connectivity index (χ4v) is 2.87. The van der Waals surface area contributed by atoms with Crippen LogP contribution in [0.1, 0.15) is 43.0 Å². The van der Waals surface area contributed by atoms with E-state index in [-0.39, 0.29) is 24.1 Å². The molecule has 1 aromatic carbocycles. The molecule has 1 fully saturated rings. The van der Waals surface area contributed by atoms with Gasteiger partial charge in [0.1, 0.15) is 18.0 Å². The Morgan fingerprint density at radius 3 is 2.22 bits per heavy atom. The summed E-state index contributed by atoms with van der Waals surface area (Å²) in [5.74, 6) is -0.572. The first kappa shape index (κ1) is 20.5. The van der Waals surface area contributed by atoms with Crippen LogP contribution in [-0.4, -0.2) is 50.7 Å². The van der Waals surface area contributed by atoms with Gasteiger partial charge in [-0.2, -0.15) is 0 Å². The molecule has 0 aromatic heterocycles. The molecule has 0 bridgehead atoms. The highest BCUT2D eigenvalue weighted by Crippen LogP contribution is 2.22. The molecule has 0 aliphatic heterocycles. The van der Waals surface area contributed by atoms with Gasteiger partial charge in [-0.05, 0) is 31.9 Å². The number of carbonyl (C=O) groups is 3. The van der Waals surface area contributed by atoms with Crippen LogP contribution in [0.15, 0.2) is 18.2 Å². The molecule has 27 heavy (non-hydrogen) atoms. The largest absolute Gasteiger partial charge is 0.497 e. The third-order valence-electron chi connectivity index (χ3n) is 4.39. The second kappa shape index (κ2) is 9.80. The van der Waals surface area contributed by atoms with Crippen molar-refractivity contribution in [1.82, 2.24) is 10.6 Å². The zero-order valence-electron chi connectivity index (χ0n) is 15.9. The Kier molecular flexibility index (Phi) is 7.45. The highest BCUT2D eigenvalue weighted by molar-refractivity contribution is 5.96. The molecule has 1 aliphatic carbocycles. The number of methoxy groups -OCH3 is 2. The van der Waals surface area contributed by atoms with Gasteiger partial charge in [0.25, 0.3) is 11.8 Å². The maximum atomic E-state index is 12.2. The van der Waals surface area contributed by atoms with Crippen LogP contribution >= 0.6 is 0 Å². The van der Waals surface area contributed by atoms with Gasteiger partial charge in [-0.15, -0.1) is 0 Å². The predicted molar refractivity (Wildman–Crippen MR) is 97.8 cm³/mol. The van der Waals surface area contributed by atoms with Crippen molar-refractivity contribution in [3.05, 3.63) is 23.8 Å². The molecule has 8 heteroatoms. The number of rotatable bonds is 8. The smallest absolute Gasteiger partial charge is 0.326 e. The lowest BCUT2D eigenvalue weighted by molar-refractivity contribution is -0.154. The molecule has 0 heterocycles. The van der Waals surface area contributed by atoms with Crippen molar-refractivity contribution >= 4 is 17.8 Å². The third kappa shape index (κ3) is 6.16. The van der Waals surface area contributed by atoms with E-state index < -0.39 is 18.0 Å². The van der Waals surface area contributed by atoms with Crippen molar-refractivity contribution in [1.29, 1.82) is 0 Å². The van der Waals surface area contributed by atoms with Gasteiger partial charge in [-0.25, -0.2) is 0 Å². The summed E-state index contributed by atoms with van der Waals surface area (Å²) in [7, 11) is 2.96. The van der Waals surface area contributed by atoms with Gasteiger partial charge in [0, 0.05) is 17.7 Å². The number of hydrogen-bond acceptors (Lipinski definition) is 6. The molecule has 1 saturated carbocycles. The van der Waals surface area contributed by atoms with Crippen LogP contribution in [0.4, 0.5) is 0 Å². The van der Waals surface area contributed by atoms with Crippen LogP contribution in [0.2, 0.25) is 0 Å². The summed E-state index contributed by atoms with van der Waals surface area (Å²) in [6.07, 6.45) is 3.19. The third-order valence-corrected chi connectivity index (χ3v) is 4.39. The lowest BCUT2D eigenvalue weighted by Crippen LogP contribution is -2.42. The molecule has 2 rings (SSSR count). The highest BCUT2D eigenvalue weighted by Gasteiger charge is 2.23. The first-order chi connectivity index (χ1) is 12.9. The van der Waals surface area contributed by atoms with E-state index in [1.165, 1.54) is 33.3 Å². The maximum absolute atomic E-state index is 12.2. The van der Waals surface area contributed by atoms with Crippen LogP contribution < -0.4 is 20.1 Å². The fraction of sp³-hybridized carbons (Fsp3) is 0.526. The van der Waals surface area contributed by atoms with Gasteiger partial charge in [0.15, 0.2) is 6.10 Å². The Bertz CT molecular complexity index is 663. The predicted octanol–water partition coefficient (Wildman–Crippen LogP) is 1.42. The molecule has 8 nitrogen and oxygen atoms in total. The van der Waals surface area contributed by atoms with Gasteiger partial charge in [0.2, 0.25) is 0 Å². The second-order valence-corrected chi connectivity index (χ2v) is 6.41. The van der Waals surface area contributed by atoms with E-state index in [9.17, 15) is 14.4 Å². The Balaban J connectivity index is 1.82. The second-order valence-electron chi connectivity index (χ2n) is 6.41. The van der Waals surface area contributed by atoms with E-state index in [0.29, 0.717) is 11.5 Å². The molecule has 148 valence electrons. The Morgan fingerprint density at radius 1 is 1.07 bits per heavy atom. The molecule has 0 unspecified atom stereocenters. The van der Waals surface area contributed by atoms with Crippen molar-refractivity contribution in [3.63, 3.8) is 0 Å². The van der Waals surface area contributed by atoms with Gasteiger partial charge in [-0.1, -0.05) is 12.8 Å². The first-order valence-electron chi connectivity index (χ1n) is 8.94. The molecule has 2 N–H and O–H groups in total. The van der Waals surface area contributed by atoms with E-state index >= 15 is 0 Å². The number of carbonyl (C=O) groups excluding carboxylic acids is 3. The summed E-state index contributed by atoms with van der Waals surface area (Å²) in [5.41, 5.74) is 0.283. The van der Waals surface area contributed by atoms with Crippen LogP contribution in [0.3, 0.4) is 0 Å². The standard InChI is InChI=1S/C19H26N2O6/c1-12(18(23)21-14-6-4-5-7-14)27-17(22)11-20-19(24)13-8-15(25-2)10-16(9-13)26-3/h8-10,12,14H,4-7,11H2,1-3H3,(H,20,24)(H,21,23)/t12-/m0/s1. The molecule has 1 aliphatic rings. The molecular weight excluding hydrogens is 352 g/mol. The van der Waals surface area contributed by atoms with Gasteiger partial charge >= 0.3 is 5.97 Å². The number of amides is 2. The summed E-state index contributed by atoms with van der Waals surface area (Å²) in [6, 6.07) is 4.85. The van der Waals surface area contributed by atoms with Crippen molar-refractivity contribution in [2.75, 3.05) is 20.8 Å². The summed E-state index contributed by atoms with van der Waals surface area (Å²) < 4.78 is 15.3. The van der Waals surface area contributed by atoms with Gasteiger partial charge in [-0.3, -0.25) is 14.4 Å². The topological polar surface area (TPSA) is 103 Å². The zero-order chi connectivity index (χ0) is 19.8. The lowest BCUT2D eigenvalue weighted by atomic mass is 10.2. The number of nitrogens with one attached hydrogen (secondary N) is 2. The summed E-state index contributed by atoms with van der Waals surface area (Å²) >= 11 is 0. The van der Waals surface area contributed by atoms with E-state index in [4.69, 9.17) is 14.2 Å². The Labute approximate surface area is 158 Å². The summed E-state index contributed by atoms with van der Waals surface area (Å²) in [6.45, 7) is 1.16. The lowest BCUT2D eigenvalue weighted by Gasteiger charge is -2.17. The monoisotopic (exact) mass is 378 g/mol. The molecule has 0 radical (unpaired) electrons. The van der Waals surface area contributed by atoms with E-state index in [0.717, 1.165) is 25.7 Å². The zero-order valence-corrected chi connectivity index (χ0v) is 15.9. The van der Waals surface area contributed by atoms with Gasteiger partial charge < -0.3 is 24.8 Å². The molecule has 0 saturated heterocycles. The van der Waals surface area contributed by atoms with Crippen molar-refractivity contribution in [3.8, 4) is 11.5 Å². The number of benzene rings is 1. The van der Waals surface area contributed by atoms with Crippen molar-refractivity contribution < 1.29 is 28.6 Å². The van der Waals surface area contributed by atoms with Crippen molar-refractivity contribution in [2.45, 2.75) is 44.8 Å². The van der Waals surface area contributed by atoms with Crippen molar-refractivity contribution in [2.24, 2.45) is 0 Å². The molecular formula is C19H26N2O6. The minimum atomic E-state index is -0.910. The molecule has 1 aromatic rings. The highest BCUT2D eigenvalue weighted by atomic mass is 16.5. The van der Waals surface area contributed by atoms with E-state index in [2.05, 4.69) is 10.6 Å². The average molecular weight is 378 g/mol. The normalized spacial score (nSPS) is 14.9. The number of hydrogen-bond donors (Lipinski definition) is 2. The molecule has 1 atom stereocenters. The quantitative estimate of drug-likeness (QED) is 0.663. The SMILES string of the molecule is COc1cc(OC)cc(C(=O)NCC(=O)O[C@@H](C)C(=O)NC2CCCC2)c1. The van der Waals surface area contributed by atoms with Crippen LogP contribution in [0.25, 0.3) is 0 Å². The van der Waals surface area contributed by atoms with E-state index in [1.54, 1.807) is 6.07 Å². The van der Waals surface area contributed by atoms with Crippen LogP contribution in [0, 0.1) is 0 Å². The van der Waals surface area contributed by atoms with Crippen LogP contribution in [0.5, 0.6) is 11.5 Å². The van der Waals surface area contributed by atoms with Gasteiger partial charge in [0.05, 0.1) is 14.2 Å². The fourth-order valence-electron chi connectivity index (χ4n) is 2.87. The number of esters is 1. The molecule has 2 amide bonds. The minimum absolute atomic E-state index is 0.154. The first-order valence-corrected chi connectivity index (χ1v) is 8.94. The minimum Gasteiger partial charge on any atom is -0.497 e. The van der Waals surface area contributed by atoms with Crippen LogP contribution in [-0.2, 0) is 14.3 Å². The summed E-state index contributed by atoms with van der Waals surface area (Å²) in [4.78, 5) is 36.2. The maximum Gasteiger partial charge on any atom is 0.326 e. The average Bonchev–Trinajstić information content (AvgIpc) is 3.18. The summed E-state index contributed by atoms with van der Waals surface area (Å²) in [5, 5.41) is 5.33. The number of ether oxygens (including phenoxy) is 3. The molecule has 0 spiro atoms.